The lowest BCUT2D eigenvalue weighted by molar-refractivity contribution is 0.0520. The molecule has 0 radical (unpaired) electrons. The molecule has 3 aromatic heterocycles. The van der Waals surface area contributed by atoms with Crippen LogP contribution in [-0.4, -0.2) is 56.5 Å². The van der Waals surface area contributed by atoms with E-state index in [-0.39, 0.29) is 18.8 Å². The van der Waals surface area contributed by atoms with Gasteiger partial charge in [0.2, 0.25) is 11.8 Å². The lowest BCUT2D eigenvalue weighted by Gasteiger charge is -2.08. The van der Waals surface area contributed by atoms with Gasteiger partial charge in [0, 0.05) is 5.56 Å². The van der Waals surface area contributed by atoms with Crippen molar-refractivity contribution in [1.29, 1.82) is 0 Å². The number of nitrogens with zero attached hydrogens (tertiary/aromatic N) is 6. The van der Waals surface area contributed by atoms with Crippen molar-refractivity contribution < 1.29 is 19.0 Å². The fraction of sp³-hybridized carbons (Fsp3) is 0.375. The van der Waals surface area contributed by atoms with Gasteiger partial charge < -0.3 is 14.2 Å². The van der Waals surface area contributed by atoms with Crippen molar-refractivity contribution in [2.75, 3.05) is 20.8 Å². The standard InChI is InChI=1S/C16H18N6O4/c1-5-26-16(23)13-12-14(20-11(24-3)6-17-12)22(21-13)7-10-9(2)15(25-4)19-8-18-10/h6,8H,5,7H2,1-4H3. The Morgan fingerprint density at radius 1 is 1.19 bits per heavy atom. The zero-order chi connectivity index (χ0) is 18.7. The highest BCUT2D eigenvalue weighted by atomic mass is 16.5. The maximum atomic E-state index is 12.2. The van der Waals surface area contributed by atoms with Crippen molar-refractivity contribution in [2.24, 2.45) is 0 Å². The highest BCUT2D eigenvalue weighted by Gasteiger charge is 2.22. The zero-order valence-electron chi connectivity index (χ0n) is 14.9. The van der Waals surface area contributed by atoms with Crippen molar-refractivity contribution in [3.63, 3.8) is 0 Å². The third-order valence-corrected chi connectivity index (χ3v) is 3.73. The Labute approximate surface area is 149 Å². The first-order chi connectivity index (χ1) is 12.6. The summed E-state index contributed by atoms with van der Waals surface area (Å²) in [5.41, 5.74) is 2.27. The molecule has 26 heavy (non-hydrogen) atoms. The molecular formula is C16H18N6O4. The number of rotatable bonds is 6. The first kappa shape index (κ1) is 17.5. The van der Waals surface area contributed by atoms with E-state index in [9.17, 15) is 4.79 Å². The van der Waals surface area contributed by atoms with Crippen LogP contribution in [0.5, 0.6) is 11.8 Å². The molecule has 0 atom stereocenters. The van der Waals surface area contributed by atoms with Crippen LogP contribution in [0.15, 0.2) is 12.5 Å². The van der Waals surface area contributed by atoms with E-state index in [1.54, 1.807) is 6.92 Å². The smallest absolute Gasteiger partial charge is 0.361 e. The number of carbonyl (C=O) groups excluding carboxylic acids is 1. The van der Waals surface area contributed by atoms with Gasteiger partial charge in [0.05, 0.1) is 39.3 Å². The molecule has 0 aliphatic rings. The zero-order valence-corrected chi connectivity index (χ0v) is 14.9. The Bertz CT molecular complexity index is 955. The number of methoxy groups -OCH3 is 2. The van der Waals surface area contributed by atoms with Crippen LogP contribution in [0.1, 0.15) is 28.7 Å². The van der Waals surface area contributed by atoms with E-state index in [1.165, 1.54) is 31.4 Å². The van der Waals surface area contributed by atoms with Crippen molar-refractivity contribution in [3.05, 3.63) is 29.5 Å². The molecule has 0 N–H and O–H groups in total. The first-order valence-corrected chi connectivity index (χ1v) is 7.88. The highest BCUT2D eigenvalue weighted by molar-refractivity contribution is 5.99. The number of ether oxygens (including phenoxy) is 3. The van der Waals surface area contributed by atoms with Crippen molar-refractivity contribution in [3.8, 4) is 11.8 Å². The molecule has 10 nitrogen and oxygen atoms in total. The SMILES string of the molecule is CCOC(=O)c1nn(Cc2ncnc(OC)c2C)c2nc(OC)cnc12. The van der Waals surface area contributed by atoms with E-state index in [0.29, 0.717) is 28.6 Å². The van der Waals surface area contributed by atoms with Crippen LogP contribution in [0.2, 0.25) is 0 Å². The number of esters is 1. The molecule has 0 aliphatic carbocycles. The summed E-state index contributed by atoms with van der Waals surface area (Å²) in [6.07, 6.45) is 2.83. The second-order valence-electron chi connectivity index (χ2n) is 5.27. The van der Waals surface area contributed by atoms with Gasteiger partial charge in [0.15, 0.2) is 11.3 Å². The Morgan fingerprint density at radius 3 is 2.69 bits per heavy atom. The average Bonchev–Trinajstić information content (AvgIpc) is 3.01. The second kappa shape index (κ2) is 7.30. The van der Waals surface area contributed by atoms with Crippen LogP contribution in [0.25, 0.3) is 11.2 Å². The fourth-order valence-corrected chi connectivity index (χ4v) is 2.45. The van der Waals surface area contributed by atoms with Crippen molar-refractivity contribution in [2.45, 2.75) is 20.4 Å². The van der Waals surface area contributed by atoms with Gasteiger partial charge in [0.1, 0.15) is 11.8 Å². The van der Waals surface area contributed by atoms with Gasteiger partial charge in [-0.1, -0.05) is 0 Å². The summed E-state index contributed by atoms with van der Waals surface area (Å²) in [7, 11) is 3.03. The minimum Gasteiger partial charge on any atom is -0.481 e. The topological polar surface area (TPSA) is 114 Å². The first-order valence-electron chi connectivity index (χ1n) is 7.88. The van der Waals surface area contributed by atoms with Crippen molar-refractivity contribution >= 4 is 17.1 Å². The summed E-state index contributed by atoms with van der Waals surface area (Å²) in [5, 5.41) is 4.34. The molecule has 0 saturated heterocycles. The molecule has 0 unspecified atom stereocenters. The highest BCUT2D eigenvalue weighted by Crippen LogP contribution is 2.21. The summed E-state index contributed by atoms with van der Waals surface area (Å²) in [6, 6.07) is 0. The lowest BCUT2D eigenvalue weighted by Crippen LogP contribution is -2.10. The summed E-state index contributed by atoms with van der Waals surface area (Å²) in [4.78, 5) is 29.1. The monoisotopic (exact) mass is 358 g/mol. The Kier molecular flexibility index (Phi) is 4.92. The molecule has 0 fully saturated rings. The van der Waals surface area contributed by atoms with Gasteiger partial charge in [-0.15, -0.1) is 0 Å². The molecular weight excluding hydrogens is 340 g/mol. The normalized spacial score (nSPS) is 10.8. The molecule has 0 aromatic carbocycles. The number of fused-ring (bicyclic) bond motifs is 1. The largest absolute Gasteiger partial charge is 0.481 e. The minimum absolute atomic E-state index is 0.0932. The van der Waals surface area contributed by atoms with Gasteiger partial charge in [-0.2, -0.15) is 10.1 Å². The number of aromatic nitrogens is 6. The van der Waals surface area contributed by atoms with Gasteiger partial charge in [-0.3, -0.25) is 0 Å². The molecule has 0 saturated carbocycles. The fourth-order valence-electron chi connectivity index (χ4n) is 2.45. The maximum absolute atomic E-state index is 12.2. The van der Waals surface area contributed by atoms with Crippen LogP contribution in [0, 0.1) is 6.92 Å². The average molecular weight is 358 g/mol. The lowest BCUT2D eigenvalue weighted by atomic mass is 10.2. The molecule has 3 heterocycles. The van der Waals surface area contributed by atoms with Gasteiger partial charge in [-0.25, -0.2) is 24.4 Å². The van der Waals surface area contributed by atoms with Gasteiger partial charge in [-0.05, 0) is 13.8 Å². The molecule has 136 valence electrons. The van der Waals surface area contributed by atoms with E-state index >= 15 is 0 Å². The van der Waals surface area contributed by atoms with Crippen LogP contribution in [0.4, 0.5) is 0 Å². The van der Waals surface area contributed by atoms with Crippen LogP contribution >= 0.6 is 0 Å². The Morgan fingerprint density at radius 2 is 2.00 bits per heavy atom. The van der Waals surface area contributed by atoms with E-state index in [1.807, 2.05) is 6.92 Å². The Balaban J connectivity index is 2.11. The predicted octanol–water partition coefficient (Wildman–Crippen LogP) is 1.17. The summed E-state index contributed by atoms with van der Waals surface area (Å²) in [5.74, 6) is 0.222. The molecule has 3 rings (SSSR count). The molecule has 0 spiro atoms. The van der Waals surface area contributed by atoms with Crippen molar-refractivity contribution in [1.82, 2.24) is 29.7 Å². The maximum Gasteiger partial charge on any atom is 0.361 e. The number of hydrogen-bond acceptors (Lipinski definition) is 9. The molecule has 0 aliphatic heterocycles. The number of carbonyl (C=O) groups is 1. The third-order valence-electron chi connectivity index (χ3n) is 3.73. The molecule has 0 bridgehead atoms. The predicted molar refractivity (Wildman–Crippen MR) is 90.3 cm³/mol. The summed E-state index contributed by atoms with van der Waals surface area (Å²) < 4.78 is 16.9. The van der Waals surface area contributed by atoms with Crippen LogP contribution in [0.3, 0.4) is 0 Å². The quantitative estimate of drug-likeness (QED) is 0.599. The molecule has 3 aromatic rings. The van der Waals surface area contributed by atoms with E-state index in [4.69, 9.17) is 14.2 Å². The van der Waals surface area contributed by atoms with Crippen LogP contribution < -0.4 is 9.47 Å². The summed E-state index contributed by atoms with van der Waals surface area (Å²) >= 11 is 0. The van der Waals surface area contributed by atoms with E-state index in [2.05, 4.69) is 25.0 Å². The molecule has 0 amide bonds. The summed E-state index contributed by atoms with van der Waals surface area (Å²) in [6.45, 7) is 4.06. The second-order valence-corrected chi connectivity index (χ2v) is 5.27. The van der Waals surface area contributed by atoms with E-state index < -0.39 is 5.97 Å². The van der Waals surface area contributed by atoms with Crippen LogP contribution in [-0.2, 0) is 11.3 Å². The molecule has 10 heteroatoms. The Hall–Kier alpha value is -3.30. The number of hydrogen-bond donors (Lipinski definition) is 0. The third kappa shape index (κ3) is 3.13. The minimum atomic E-state index is -0.562. The van der Waals surface area contributed by atoms with Gasteiger partial charge in [0.25, 0.3) is 0 Å². The van der Waals surface area contributed by atoms with E-state index in [0.717, 1.165) is 5.56 Å². The van der Waals surface area contributed by atoms with Gasteiger partial charge >= 0.3 is 5.97 Å².